The molecule has 0 radical (unpaired) electrons. The van der Waals surface area contributed by atoms with Crippen molar-refractivity contribution in [3.05, 3.63) is 54.6 Å². The second-order valence-electron chi connectivity index (χ2n) is 7.00. The zero-order valence-corrected chi connectivity index (χ0v) is 14.8. The molecule has 4 unspecified atom stereocenters. The van der Waals surface area contributed by atoms with Gasteiger partial charge in [0.2, 0.25) is 5.91 Å². The normalized spacial score (nSPS) is 26.8. The van der Waals surface area contributed by atoms with Gasteiger partial charge in [0, 0.05) is 23.1 Å². The zero-order valence-electron chi connectivity index (χ0n) is 14.0. The highest BCUT2D eigenvalue weighted by molar-refractivity contribution is 5.94. The van der Waals surface area contributed by atoms with E-state index in [4.69, 9.17) is 5.73 Å². The van der Waals surface area contributed by atoms with Crippen molar-refractivity contribution >= 4 is 35.4 Å². The molecule has 4 rings (SSSR count). The van der Waals surface area contributed by atoms with E-state index in [1.54, 1.807) is 0 Å². The number of fused-ring (bicyclic) bond motifs is 2. The number of nitrogens with two attached hydrogens (primary N) is 1. The number of benzene rings is 2. The molecule has 2 aliphatic carbocycles. The van der Waals surface area contributed by atoms with E-state index >= 15 is 0 Å². The van der Waals surface area contributed by atoms with Crippen molar-refractivity contribution in [1.29, 1.82) is 0 Å². The molecular formula is C20H24ClN3O. The highest BCUT2D eigenvalue weighted by Crippen LogP contribution is 2.47. The number of anilines is 3. The Labute approximate surface area is 154 Å². The summed E-state index contributed by atoms with van der Waals surface area (Å²) in [5.41, 5.74) is 9.07. The first-order valence-electron chi connectivity index (χ1n) is 8.69. The molecule has 0 spiro atoms. The van der Waals surface area contributed by atoms with E-state index in [0.29, 0.717) is 11.8 Å². The second-order valence-corrected chi connectivity index (χ2v) is 7.00. The molecule has 0 aliphatic heterocycles. The van der Waals surface area contributed by atoms with Crippen LogP contribution in [0.2, 0.25) is 0 Å². The Hall–Kier alpha value is -2.04. The first kappa shape index (κ1) is 17.8. The van der Waals surface area contributed by atoms with Crippen molar-refractivity contribution in [3.63, 3.8) is 0 Å². The van der Waals surface area contributed by atoms with Gasteiger partial charge < -0.3 is 16.4 Å². The van der Waals surface area contributed by atoms with Crippen LogP contribution in [0.5, 0.6) is 0 Å². The van der Waals surface area contributed by atoms with Gasteiger partial charge in [-0.2, -0.15) is 0 Å². The third kappa shape index (κ3) is 3.65. The largest absolute Gasteiger partial charge is 0.355 e. The summed E-state index contributed by atoms with van der Waals surface area (Å²) in [6, 6.07) is 17.8. The summed E-state index contributed by atoms with van der Waals surface area (Å²) < 4.78 is 0. The van der Waals surface area contributed by atoms with Gasteiger partial charge in [0.15, 0.2) is 0 Å². The van der Waals surface area contributed by atoms with Crippen LogP contribution >= 0.6 is 12.4 Å². The molecule has 132 valence electrons. The van der Waals surface area contributed by atoms with Crippen LogP contribution in [-0.2, 0) is 4.79 Å². The van der Waals surface area contributed by atoms with E-state index in [-0.39, 0.29) is 30.3 Å². The van der Waals surface area contributed by atoms with Crippen molar-refractivity contribution in [3.8, 4) is 0 Å². The van der Waals surface area contributed by atoms with E-state index in [9.17, 15) is 4.79 Å². The quantitative estimate of drug-likeness (QED) is 0.769. The van der Waals surface area contributed by atoms with Crippen LogP contribution in [0.25, 0.3) is 0 Å². The number of nitrogens with one attached hydrogen (secondary N) is 2. The predicted molar refractivity (Wildman–Crippen MR) is 104 cm³/mol. The van der Waals surface area contributed by atoms with Gasteiger partial charge in [-0.05, 0) is 61.4 Å². The van der Waals surface area contributed by atoms with E-state index in [0.717, 1.165) is 29.9 Å². The maximum Gasteiger partial charge on any atom is 0.229 e. The molecule has 2 fully saturated rings. The van der Waals surface area contributed by atoms with Crippen LogP contribution in [0.4, 0.5) is 17.1 Å². The summed E-state index contributed by atoms with van der Waals surface area (Å²) in [5, 5.41) is 6.41. The minimum Gasteiger partial charge on any atom is -0.355 e. The van der Waals surface area contributed by atoms with Crippen LogP contribution in [0.1, 0.15) is 19.3 Å². The number of para-hydroxylation sites is 1. The van der Waals surface area contributed by atoms with Gasteiger partial charge in [0.1, 0.15) is 0 Å². The summed E-state index contributed by atoms with van der Waals surface area (Å²) in [6.45, 7) is 0. The Morgan fingerprint density at radius 1 is 0.920 bits per heavy atom. The van der Waals surface area contributed by atoms with Crippen molar-refractivity contribution in [1.82, 2.24) is 0 Å². The molecule has 0 saturated heterocycles. The molecule has 2 aromatic carbocycles. The van der Waals surface area contributed by atoms with Crippen molar-refractivity contribution in [2.45, 2.75) is 25.3 Å². The van der Waals surface area contributed by atoms with E-state index in [1.165, 1.54) is 6.42 Å². The van der Waals surface area contributed by atoms with E-state index in [2.05, 4.69) is 10.6 Å². The number of hydrogen-bond acceptors (Lipinski definition) is 3. The Balaban J connectivity index is 0.00000182. The highest BCUT2D eigenvalue weighted by Gasteiger charge is 2.49. The first-order valence-corrected chi connectivity index (χ1v) is 8.69. The number of hydrogen-bond donors (Lipinski definition) is 3. The third-order valence-corrected chi connectivity index (χ3v) is 5.48. The highest BCUT2D eigenvalue weighted by atomic mass is 35.5. The number of carbonyl (C=O) groups excluding carboxylic acids is 1. The summed E-state index contributed by atoms with van der Waals surface area (Å²) in [6.07, 6.45) is 3.45. The van der Waals surface area contributed by atoms with Gasteiger partial charge in [0.05, 0.1) is 5.92 Å². The molecular weight excluding hydrogens is 334 g/mol. The van der Waals surface area contributed by atoms with Crippen LogP contribution in [0, 0.1) is 17.8 Å². The predicted octanol–water partition coefficient (Wildman–Crippen LogP) is 4.16. The minimum absolute atomic E-state index is 0. The van der Waals surface area contributed by atoms with Crippen molar-refractivity contribution in [2.75, 3.05) is 10.6 Å². The van der Waals surface area contributed by atoms with Crippen molar-refractivity contribution in [2.24, 2.45) is 23.5 Å². The average Bonchev–Trinajstić information content (AvgIpc) is 3.17. The Kier molecular flexibility index (Phi) is 5.30. The van der Waals surface area contributed by atoms with Crippen LogP contribution in [0.3, 0.4) is 0 Å². The van der Waals surface area contributed by atoms with Gasteiger partial charge in [-0.1, -0.05) is 24.3 Å². The molecule has 2 saturated carbocycles. The molecule has 4 nitrogen and oxygen atoms in total. The van der Waals surface area contributed by atoms with Crippen LogP contribution in [-0.4, -0.2) is 11.9 Å². The van der Waals surface area contributed by atoms with E-state index < -0.39 is 0 Å². The Morgan fingerprint density at radius 2 is 1.60 bits per heavy atom. The number of halogens is 1. The molecule has 4 atom stereocenters. The number of rotatable bonds is 4. The van der Waals surface area contributed by atoms with Gasteiger partial charge in [0.25, 0.3) is 0 Å². The van der Waals surface area contributed by atoms with Crippen molar-refractivity contribution < 1.29 is 4.79 Å². The third-order valence-electron chi connectivity index (χ3n) is 5.48. The van der Waals surface area contributed by atoms with E-state index in [1.807, 2.05) is 54.6 Å². The lowest BCUT2D eigenvalue weighted by Gasteiger charge is -2.27. The fourth-order valence-corrected chi connectivity index (χ4v) is 4.31. The second kappa shape index (κ2) is 7.46. The summed E-state index contributed by atoms with van der Waals surface area (Å²) >= 11 is 0. The lowest BCUT2D eigenvalue weighted by atomic mass is 9.84. The lowest BCUT2D eigenvalue weighted by Crippen LogP contribution is -2.42. The van der Waals surface area contributed by atoms with Gasteiger partial charge in [-0.25, -0.2) is 0 Å². The molecule has 5 heteroatoms. The Morgan fingerprint density at radius 3 is 2.32 bits per heavy atom. The SMILES string of the molecule is Cl.NC1C2CCC(C2)C1C(=O)Nc1cccc(Nc2ccccc2)c1. The maximum atomic E-state index is 12.7. The molecule has 1 amide bonds. The average molecular weight is 358 g/mol. The monoisotopic (exact) mass is 357 g/mol. The number of carbonyl (C=O) groups is 1. The molecule has 25 heavy (non-hydrogen) atoms. The first-order chi connectivity index (χ1) is 11.7. The number of amides is 1. The molecule has 0 aromatic heterocycles. The summed E-state index contributed by atoms with van der Waals surface area (Å²) in [5.74, 6) is 1.05. The van der Waals surface area contributed by atoms with Gasteiger partial charge in [-0.3, -0.25) is 4.79 Å². The fraction of sp³-hybridized carbons (Fsp3) is 0.350. The standard InChI is InChI=1S/C20H23N3O.ClH/c21-19-14-10-9-13(11-14)18(19)20(24)23-17-8-4-7-16(12-17)22-15-5-2-1-3-6-15;/h1-8,12-14,18-19,22H,9-11,21H2,(H,23,24);1H. The smallest absolute Gasteiger partial charge is 0.229 e. The Bertz CT molecular complexity index is 735. The van der Waals surface area contributed by atoms with Crippen LogP contribution < -0.4 is 16.4 Å². The lowest BCUT2D eigenvalue weighted by molar-refractivity contribution is -0.121. The fourth-order valence-electron chi connectivity index (χ4n) is 4.31. The van der Waals surface area contributed by atoms with Gasteiger partial charge >= 0.3 is 0 Å². The molecule has 2 aromatic rings. The molecule has 2 bridgehead atoms. The molecule has 0 heterocycles. The minimum atomic E-state index is -0.0329. The molecule has 2 aliphatic rings. The molecule has 4 N–H and O–H groups in total. The van der Waals surface area contributed by atoms with Crippen LogP contribution in [0.15, 0.2) is 54.6 Å². The summed E-state index contributed by atoms with van der Waals surface area (Å²) in [7, 11) is 0. The summed E-state index contributed by atoms with van der Waals surface area (Å²) in [4.78, 5) is 12.7. The van der Waals surface area contributed by atoms with Gasteiger partial charge in [-0.15, -0.1) is 12.4 Å². The zero-order chi connectivity index (χ0) is 16.5. The topological polar surface area (TPSA) is 67.2 Å². The maximum absolute atomic E-state index is 12.7.